The summed E-state index contributed by atoms with van der Waals surface area (Å²) in [6, 6.07) is 12.2. The van der Waals surface area contributed by atoms with Gasteiger partial charge in [-0.2, -0.15) is 23.5 Å². The van der Waals surface area contributed by atoms with Gasteiger partial charge in [0, 0.05) is 18.2 Å². The summed E-state index contributed by atoms with van der Waals surface area (Å²) in [5.41, 5.74) is -1.40. The minimum Gasteiger partial charge on any atom is -0.489 e. The first-order chi connectivity index (χ1) is 18.1. The second-order valence-electron chi connectivity index (χ2n) is 8.78. The van der Waals surface area contributed by atoms with Crippen molar-refractivity contribution in [1.82, 2.24) is 15.2 Å². The van der Waals surface area contributed by atoms with Gasteiger partial charge < -0.3 is 14.8 Å². The Bertz CT molecular complexity index is 1350. The quantitative estimate of drug-likeness (QED) is 0.254. The summed E-state index contributed by atoms with van der Waals surface area (Å²) < 4.78 is 62.5. The molecular formula is C25H21F4N5O4. The minimum atomic E-state index is -5.34. The molecule has 0 spiro atoms. The molecule has 198 valence electrons. The van der Waals surface area contributed by atoms with Crippen molar-refractivity contribution in [1.29, 1.82) is 5.26 Å². The first kappa shape index (κ1) is 26.6. The monoisotopic (exact) mass is 531 g/mol. The minimum absolute atomic E-state index is 0.00127. The smallest absolute Gasteiger partial charge is 0.489 e. The highest BCUT2D eigenvalue weighted by atomic mass is 19.4. The number of aromatic amines is 1. The number of pyridine rings is 1. The predicted molar refractivity (Wildman–Crippen MR) is 123 cm³/mol. The number of anilines is 2. The second-order valence-corrected chi connectivity index (χ2v) is 8.78. The lowest BCUT2D eigenvalue weighted by Crippen LogP contribution is -2.43. The Morgan fingerprint density at radius 1 is 1.16 bits per heavy atom. The number of hydrogen-bond acceptors (Lipinski definition) is 8. The van der Waals surface area contributed by atoms with E-state index in [4.69, 9.17) is 4.74 Å². The molecule has 0 atom stereocenters. The number of esters is 2. The Kier molecular flexibility index (Phi) is 7.61. The summed E-state index contributed by atoms with van der Waals surface area (Å²) in [6.07, 6.45) is -4.13. The molecule has 0 bridgehead atoms. The van der Waals surface area contributed by atoms with Gasteiger partial charge in [0.1, 0.15) is 34.8 Å². The Hall–Kier alpha value is -4.47. The predicted octanol–water partition coefficient (Wildman–Crippen LogP) is 4.74. The zero-order chi connectivity index (χ0) is 27.3. The Morgan fingerprint density at radius 2 is 1.89 bits per heavy atom. The molecule has 3 aromatic rings. The van der Waals surface area contributed by atoms with E-state index >= 15 is 0 Å². The van der Waals surface area contributed by atoms with Crippen molar-refractivity contribution in [2.75, 3.05) is 5.32 Å². The van der Waals surface area contributed by atoms with Crippen molar-refractivity contribution >= 4 is 23.6 Å². The highest BCUT2D eigenvalue weighted by Gasteiger charge is 2.49. The number of nitriles is 1. The van der Waals surface area contributed by atoms with E-state index in [2.05, 4.69) is 25.2 Å². The number of rotatable bonds is 7. The van der Waals surface area contributed by atoms with Crippen LogP contribution in [0, 0.1) is 22.6 Å². The summed E-state index contributed by atoms with van der Waals surface area (Å²) in [5.74, 6) is -3.69. The number of hydrogen-bond donors (Lipinski definition) is 2. The number of carbonyl (C=O) groups excluding carboxylic acids is 2. The van der Waals surface area contributed by atoms with Crippen LogP contribution >= 0.6 is 0 Å². The van der Waals surface area contributed by atoms with Crippen LogP contribution < -0.4 is 10.1 Å². The number of carbonyl (C=O) groups is 2. The summed E-state index contributed by atoms with van der Waals surface area (Å²) >= 11 is 0. The van der Waals surface area contributed by atoms with Gasteiger partial charge >= 0.3 is 18.1 Å². The van der Waals surface area contributed by atoms with Gasteiger partial charge in [-0.15, -0.1) is 0 Å². The van der Waals surface area contributed by atoms with Gasteiger partial charge in [-0.3, -0.25) is 9.89 Å². The fraction of sp³-hybridized carbons (Fsp3) is 0.320. The van der Waals surface area contributed by atoms with Crippen molar-refractivity contribution in [3.63, 3.8) is 0 Å². The number of benzene rings is 1. The molecule has 1 fully saturated rings. The van der Waals surface area contributed by atoms with Gasteiger partial charge in [-0.25, -0.2) is 14.2 Å². The van der Waals surface area contributed by atoms with Crippen molar-refractivity contribution in [2.24, 2.45) is 5.41 Å². The van der Waals surface area contributed by atoms with Crippen LogP contribution in [0.1, 0.15) is 36.9 Å². The first-order valence-corrected chi connectivity index (χ1v) is 11.5. The van der Waals surface area contributed by atoms with Crippen molar-refractivity contribution in [2.45, 2.75) is 44.4 Å². The standard InChI is InChI=1S/C25H21F4N5O4/c26-18-4-2-5-19(17(18)14-30)37-16-7-10-24(11-8-16,22(35)38-23(36)25(27,28)29)13-15-3-1-6-20(32-15)33-21-9-12-31-34-21/h1-6,9,12,16H,7-8,10-11,13H2,(H2,31,32,33,34). The van der Waals surface area contributed by atoms with Crippen LogP contribution in [-0.2, 0) is 20.7 Å². The van der Waals surface area contributed by atoms with Crippen molar-refractivity contribution in [3.8, 4) is 11.8 Å². The van der Waals surface area contributed by atoms with E-state index in [0.29, 0.717) is 17.3 Å². The molecule has 13 heteroatoms. The molecule has 0 unspecified atom stereocenters. The van der Waals surface area contributed by atoms with Gasteiger partial charge in [0.2, 0.25) is 0 Å². The summed E-state index contributed by atoms with van der Waals surface area (Å²) in [4.78, 5) is 28.9. The van der Waals surface area contributed by atoms with E-state index in [1.54, 1.807) is 30.3 Å². The zero-order valence-corrected chi connectivity index (χ0v) is 19.7. The highest BCUT2D eigenvalue weighted by Crippen LogP contribution is 2.42. The molecule has 1 saturated carbocycles. The first-order valence-electron chi connectivity index (χ1n) is 11.5. The fourth-order valence-corrected chi connectivity index (χ4v) is 4.31. The van der Waals surface area contributed by atoms with Gasteiger partial charge in [-0.05, 0) is 49.9 Å². The molecule has 2 N–H and O–H groups in total. The molecule has 0 amide bonds. The van der Waals surface area contributed by atoms with Crippen molar-refractivity contribution in [3.05, 3.63) is 65.7 Å². The van der Waals surface area contributed by atoms with E-state index in [1.807, 2.05) is 0 Å². The molecule has 0 aliphatic heterocycles. The van der Waals surface area contributed by atoms with Gasteiger partial charge in [0.05, 0.1) is 17.7 Å². The lowest BCUT2D eigenvalue weighted by atomic mass is 9.70. The Balaban J connectivity index is 1.54. The Labute approximate surface area is 213 Å². The maximum atomic E-state index is 13.9. The third-order valence-electron chi connectivity index (χ3n) is 6.21. The molecule has 4 rings (SSSR count). The number of aromatic nitrogens is 3. The van der Waals surface area contributed by atoms with Crippen LogP contribution in [0.15, 0.2) is 48.7 Å². The average Bonchev–Trinajstić information content (AvgIpc) is 3.38. The normalized spacial score (nSPS) is 19.3. The molecular weight excluding hydrogens is 510 g/mol. The van der Waals surface area contributed by atoms with Gasteiger partial charge in [-0.1, -0.05) is 12.1 Å². The number of H-pyrrole nitrogens is 1. The zero-order valence-electron chi connectivity index (χ0n) is 19.7. The number of ether oxygens (including phenoxy) is 2. The van der Waals surface area contributed by atoms with E-state index in [9.17, 15) is 32.4 Å². The third-order valence-corrected chi connectivity index (χ3v) is 6.21. The fourth-order valence-electron chi connectivity index (χ4n) is 4.31. The topological polar surface area (TPSA) is 130 Å². The van der Waals surface area contributed by atoms with E-state index < -0.39 is 35.5 Å². The number of nitrogens with zero attached hydrogens (tertiary/aromatic N) is 3. The van der Waals surface area contributed by atoms with Crippen LogP contribution in [0.25, 0.3) is 0 Å². The molecule has 0 radical (unpaired) electrons. The molecule has 0 saturated heterocycles. The SMILES string of the molecule is N#Cc1c(F)cccc1OC1CCC(Cc2cccc(Nc3ccn[nH]3)n2)(C(=O)OC(=O)C(F)(F)F)CC1. The van der Waals surface area contributed by atoms with Gasteiger partial charge in [0.15, 0.2) is 0 Å². The van der Waals surface area contributed by atoms with Crippen molar-refractivity contribution < 1.29 is 36.6 Å². The van der Waals surface area contributed by atoms with E-state index in [0.717, 1.165) is 6.07 Å². The van der Waals surface area contributed by atoms with Crippen LogP contribution in [0.5, 0.6) is 5.75 Å². The molecule has 2 aromatic heterocycles. The van der Waals surface area contributed by atoms with E-state index in [-0.39, 0.29) is 43.4 Å². The van der Waals surface area contributed by atoms with Crippen LogP contribution in [0.3, 0.4) is 0 Å². The molecule has 2 heterocycles. The Morgan fingerprint density at radius 3 is 2.55 bits per heavy atom. The van der Waals surface area contributed by atoms with Crippen LogP contribution in [0.2, 0.25) is 0 Å². The summed E-state index contributed by atoms with van der Waals surface area (Å²) in [5, 5.41) is 18.7. The molecule has 1 aromatic carbocycles. The number of nitrogens with one attached hydrogen (secondary N) is 2. The highest BCUT2D eigenvalue weighted by molar-refractivity contribution is 5.91. The molecule has 9 nitrogen and oxygen atoms in total. The third kappa shape index (κ3) is 6.08. The average molecular weight is 531 g/mol. The van der Waals surface area contributed by atoms with Gasteiger partial charge in [0.25, 0.3) is 0 Å². The van der Waals surface area contributed by atoms with E-state index in [1.165, 1.54) is 18.3 Å². The summed E-state index contributed by atoms with van der Waals surface area (Å²) in [7, 11) is 0. The lowest BCUT2D eigenvalue weighted by molar-refractivity contribution is -0.206. The largest absolute Gasteiger partial charge is 0.491 e. The molecule has 1 aliphatic carbocycles. The molecule has 38 heavy (non-hydrogen) atoms. The summed E-state index contributed by atoms with van der Waals surface area (Å²) in [6.45, 7) is 0. The van der Waals surface area contributed by atoms with Crippen LogP contribution in [-0.4, -0.2) is 39.4 Å². The number of alkyl halides is 3. The lowest BCUT2D eigenvalue weighted by Gasteiger charge is -2.37. The maximum absolute atomic E-state index is 13.9. The maximum Gasteiger partial charge on any atom is 0.491 e. The van der Waals surface area contributed by atoms with Crippen LogP contribution in [0.4, 0.5) is 29.2 Å². The number of halogens is 4. The second kappa shape index (κ2) is 10.9. The molecule has 1 aliphatic rings.